The number of nitrogens with zero attached hydrogens (tertiary/aromatic N) is 1. The molecule has 8 nitrogen and oxygen atoms in total. The van der Waals surface area contributed by atoms with Gasteiger partial charge in [0.2, 0.25) is 0 Å². The minimum atomic E-state index is -1.86. The second kappa shape index (κ2) is 14.8. The van der Waals surface area contributed by atoms with Gasteiger partial charge in [0.1, 0.15) is 0 Å². The second-order valence-electron chi connectivity index (χ2n) is 7.67. The molecule has 0 heterocycles. The summed E-state index contributed by atoms with van der Waals surface area (Å²) in [6.07, 6.45) is 2.98. The van der Waals surface area contributed by atoms with Crippen molar-refractivity contribution in [3.05, 3.63) is 65.8 Å². The molecular formula is C26H37N3O5. The third-order valence-corrected chi connectivity index (χ3v) is 5.36. The number of likely N-dealkylation sites (N-methyl/N-ethyl adjacent to an activating group) is 2. The number of hydrogen-bond acceptors (Lipinski definition) is 5. The number of unbranched alkanes of at least 4 members (excludes halogenated alkanes) is 1. The molecule has 0 saturated carbocycles. The van der Waals surface area contributed by atoms with Crippen molar-refractivity contribution in [2.45, 2.75) is 52.4 Å². The summed E-state index contributed by atoms with van der Waals surface area (Å²) in [6.45, 7) is 10.2. The third kappa shape index (κ3) is 7.97. The molecule has 0 aliphatic heterocycles. The summed E-state index contributed by atoms with van der Waals surface area (Å²) in [4.78, 5) is 38.3. The first-order chi connectivity index (χ1) is 16.2. The molecule has 0 radical (unpaired) electrons. The first-order valence-corrected chi connectivity index (χ1v) is 11.5. The molecule has 0 saturated heterocycles. The molecule has 0 aromatic heterocycles. The van der Waals surface area contributed by atoms with Crippen LogP contribution in [0.1, 0.15) is 44.7 Å². The molecule has 0 aliphatic rings. The number of amides is 3. The topological polar surface area (TPSA) is 119 Å². The van der Waals surface area contributed by atoms with Crippen LogP contribution >= 0.6 is 0 Å². The van der Waals surface area contributed by atoms with Crippen LogP contribution in [-0.2, 0) is 20.9 Å². The first-order valence-electron chi connectivity index (χ1n) is 11.5. The Morgan fingerprint density at radius 2 is 1.76 bits per heavy atom. The lowest BCUT2D eigenvalue weighted by molar-refractivity contribution is -0.153. The van der Waals surface area contributed by atoms with Gasteiger partial charge in [-0.3, -0.25) is 14.4 Å². The van der Waals surface area contributed by atoms with E-state index in [2.05, 4.69) is 17.2 Å². The van der Waals surface area contributed by atoms with Crippen molar-refractivity contribution in [3.63, 3.8) is 0 Å². The van der Waals surface area contributed by atoms with Gasteiger partial charge in [0.25, 0.3) is 17.7 Å². The van der Waals surface area contributed by atoms with Crippen molar-refractivity contribution in [2.75, 3.05) is 20.1 Å². The van der Waals surface area contributed by atoms with Gasteiger partial charge in [-0.25, -0.2) is 0 Å². The van der Waals surface area contributed by atoms with Crippen molar-refractivity contribution in [3.8, 4) is 0 Å². The summed E-state index contributed by atoms with van der Waals surface area (Å²) < 4.78 is 0. The number of allylic oxidation sites excluding steroid dienone is 3. The molecule has 0 bridgehead atoms. The van der Waals surface area contributed by atoms with E-state index in [4.69, 9.17) is 0 Å². The Bertz CT molecular complexity index is 906. The van der Waals surface area contributed by atoms with Gasteiger partial charge in [-0.1, -0.05) is 56.3 Å². The number of nitrogens with one attached hydrogen (secondary N) is 2. The van der Waals surface area contributed by atoms with Gasteiger partial charge in [-0.2, -0.15) is 0 Å². The zero-order valence-corrected chi connectivity index (χ0v) is 20.5. The maximum absolute atomic E-state index is 12.4. The summed E-state index contributed by atoms with van der Waals surface area (Å²) in [5.74, 6) is -1.73. The van der Waals surface area contributed by atoms with Crippen LogP contribution in [0.4, 0.5) is 0 Å². The average molecular weight is 472 g/mol. The maximum Gasteiger partial charge on any atom is 0.254 e. The van der Waals surface area contributed by atoms with Crippen LogP contribution in [0.15, 0.2) is 54.6 Å². The molecule has 1 aromatic rings. The monoisotopic (exact) mass is 471 g/mol. The van der Waals surface area contributed by atoms with Crippen molar-refractivity contribution in [2.24, 2.45) is 0 Å². The summed E-state index contributed by atoms with van der Waals surface area (Å²) in [6, 6.07) is 7.20. The second-order valence-corrected chi connectivity index (χ2v) is 7.67. The molecule has 1 rings (SSSR count). The lowest BCUT2D eigenvalue weighted by atomic mass is 9.95. The smallest absolute Gasteiger partial charge is 0.254 e. The minimum Gasteiger partial charge on any atom is -0.380 e. The molecule has 8 heteroatoms. The number of carbonyl (C=O) groups excluding carboxylic acids is 3. The molecule has 0 spiro atoms. The van der Waals surface area contributed by atoms with E-state index >= 15 is 0 Å². The quantitative estimate of drug-likeness (QED) is 0.259. The Kier molecular flexibility index (Phi) is 12.6. The highest BCUT2D eigenvalue weighted by atomic mass is 16.3. The fraction of sp³-hybridized carbons (Fsp3) is 0.423. The van der Waals surface area contributed by atoms with E-state index in [-0.39, 0.29) is 12.5 Å². The van der Waals surface area contributed by atoms with Crippen LogP contribution in [-0.4, -0.2) is 65.2 Å². The van der Waals surface area contributed by atoms with Crippen LogP contribution in [0.5, 0.6) is 0 Å². The molecule has 186 valence electrons. The highest BCUT2D eigenvalue weighted by molar-refractivity contribution is 6.09. The van der Waals surface area contributed by atoms with E-state index in [0.29, 0.717) is 18.7 Å². The average Bonchev–Trinajstić information content (AvgIpc) is 2.86. The SMILES string of the molecule is C=C/C=C(C(=O)NC)\C(=C/C)c1ccc(CNC(=O)C(O)C(O)C(=O)N(CC)CCCC)cc1. The molecule has 2 unspecified atom stereocenters. The first kappa shape index (κ1) is 28.8. The Balaban J connectivity index is 2.82. The fourth-order valence-electron chi connectivity index (χ4n) is 3.35. The van der Waals surface area contributed by atoms with Gasteiger partial charge < -0.3 is 25.7 Å². The number of benzene rings is 1. The van der Waals surface area contributed by atoms with Crippen LogP contribution in [0.25, 0.3) is 5.57 Å². The zero-order valence-electron chi connectivity index (χ0n) is 20.5. The summed E-state index contributed by atoms with van der Waals surface area (Å²) in [7, 11) is 1.56. The molecule has 0 fully saturated rings. The van der Waals surface area contributed by atoms with E-state index in [0.717, 1.165) is 29.5 Å². The highest BCUT2D eigenvalue weighted by Crippen LogP contribution is 2.24. The van der Waals surface area contributed by atoms with Crippen LogP contribution < -0.4 is 10.6 Å². The lowest BCUT2D eigenvalue weighted by Crippen LogP contribution is -2.50. The van der Waals surface area contributed by atoms with Gasteiger partial charge >= 0.3 is 0 Å². The Labute approximate surface area is 202 Å². The Morgan fingerprint density at radius 1 is 1.12 bits per heavy atom. The number of hydrogen-bond donors (Lipinski definition) is 4. The Morgan fingerprint density at radius 3 is 2.26 bits per heavy atom. The van der Waals surface area contributed by atoms with Crippen molar-refractivity contribution in [1.29, 1.82) is 0 Å². The van der Waals surface area contributed by atoms with E-state index < -0.39 is 24.0 Å². The summed E-state index contributed by atoms with van der Waals surface area (Å²) in [5, 5.41) is 25.5. The number of aliphatic hydroxyl groups is 2. The molecule has 4 N–H and O–H groups in total. The maximum atomic E-state index is 12.4. The summed E-state index contributed by atoms with van der Waals surface area (Å²) in [5.41, 5.74) is 2.76. The van der Waals surface area contributed by atoms with Gasteiger partial charge in [0, 0.05) is 32.3 Å². The van der Waals surface area contributed by atoms with E-state index in [9.17, 15) is 24.6 Å². The molecule has 0 aliphatic carbocycles. The zero-order chi connectivity index (χ0) is 25.7. The number of aliphatic hydroxyl groups excluding tert-OH is 2. The number of rotatable bonds is 13. The molecule has 2 atom stereocenters. The van der Waals surface area contributed by atoms with Gasteiger partial charge in [-0.15, -0.1) is 0 Å². The van der Waals surface area contributed by atoms with Gasteiger partial charge in [0.05, 0.1) is 0 Å². The van der Waals surface area contributed by atoms with E-state index in [1.807, 2.05) is 32.1 Å². The van der Waals surface area contributed by atoms with Gasteiger partial charge in [-0.05, 0) is 43.0 Å². The molecular weight excluding hydrogens is 434 g/mol. The van der Waals surface area contributed by atoms with Crippen LogP contribution in [0.3, 0.4) is 0 Å². The van der Waals surface area contributed by atoms with Crippen LogP contribution in [0.2, 0.25) is 0 Å². The largest absolute Gasteiger partial charge is 0.380 e. The van der Waals surface area contributed by atoms with Crippen LogP contribution in [0, 0.1) is 0 Å². The highest BCUT2D eigenvalue weighted by Gasteiger charge is 2.32. The molecule has 1 aromatic carbocycles. The van der Waals surface area contributed by atoms with E-state index in [1.54, 1.807) is 38.3 Å². The van der Waals surface area contributed by atoms with Crippen molar-refractivity contribution >= 4 is 23.3 Å². The predicted octanol–water partition coefficient (Wildman–Crippen LogP) is 1.93. The summed E-state index contributed by atoms with van der Waals surface area (Å²) >= 11 is 0. The third-order valence-electron chi connectivity index (χ3n) is 5.36. The predicted molar refractivity (Wildman–Crippen MR) is 133 cm³/mol. The Hall–Kier alpha value is -3.23. The molecule has 3 amide bonds. The van der Waals surface area contributed by atoms with E-state index in [1.165, 1.54) is 4.90 Å². The minimum absolute atomic E-state index is 0.0976. The standard InChI is InChI=1S/C26H37N3O5/c1-6-10-16-29(9-4)26(34)23(31)22(30)25(33)28-17-18-12-14-19(15-13-18)20(8-3)21(11-7-2)24(32)27-5/h7-8,11-15,22-23,30-31H,2,6,9-10,16-17H2,1,3-5H3,(H,27,32)(H,28,33)/b20-8-,21-11+. The number of carbonyl (C=O) groups is 3. The normalized spacial score (nSPS) is 13.6. The lowest BCUT2D eigenvalue weighted by Gasteiger charge is -2.25. The van der Waals surface area contributed by atoms with Gasteiger partial charge in [0.15, 0.2) is 12.2 Å². The van der Waals surface area contributed by atoms with Crippen molar-refractivity contribution in [1.82, 2.24) is 15.5 Å². The molecule has 34 heavy (non-hydrogen) atoms. The van der Waals surface area contributed by atoms with Crippen molar-refractivity contribution < 1.29 is 24.6 Å². The fourth-order valence-corrected chi connectivity index (χ4v) is 3.35.